The van der Waals surface area contributed by atoms with Gasteiger partial charge in [-0.25, -0.2) is 9.59 Å². The van der Waals surface area contributed by atoms with Crippen molar-refractivity contribution in [2.24, 2.45) is 0 Å². The summed E-state index contributed by atoms with van der Waals surface area (Å²) in [6.45, 7) is -0.334. The van der Waals surface area contributed by atoms with Crippen LogP contribution in [0.25, 0.3) is 0 Å². The fraction of sp³-hybridized carbons (Fsp3) is 0.308. The van der Waals surface area contributed by atoms with Gasteiger partial charge in [0.25, 0.3) is 11.6 Å². The van der Waals surface area contributed by atoms with Gasteiger partial charge in [-0.1, -0.05) is 11.6 Å². The number of benzene rings is 1. The number of nitrogens with one attached hydrogen (secondary N) is 2. The molecule has 0 aromatic heterocycles. The van der Waals surface area contributed by atoms with E-state index >= 15 is 0 Å². The summed E-state index contributed by atoms with van der Waals surface area (Å²) in [6.07, 6.45) is 0. The minimum absolute atomic E-state index is 0.0729. The highest BCUT2D eigenvalue weighted by Crippen LogP contribution is 2.23. The molecule has 0 spiro atoms. The molecule has 0 aliphatic heterocycles. The van der Waals surface area contributed by atoms with Gasteiger partial charge in [-0.05, 0) is 12.1 Å². The molecular weight excluding hydrogens is 346 g/mol. The summed E-state index contributed by atoms with van der Waals surface area (Å²) in [5.41, 5.74) is -0.910. The van der Waals surface area contributed by atoms with Crippen LogP contribution in [-0.4, -0.2) is 49.7 Å². The number of methoxy groups -OCH3 is 1. The number of nitro benzene ring substituents is 1. The predicted octanol–water partition coefficient (Wildman–Crippen LogP) is 0.877. The third-order valence-electron chi connectivity index (χ3n) is 2.56. The number of carbonyl (C=O) groups excluding carboxylic acids is 3. The molecule has 0 bridgehead atoms. The minimum atomic E-state index is -1.09. The second-order valence-corrected chi connectivity index (χ2v) is 4.73. The van der Waals surface area contributed by atoms with Gasteiger partial charge in [0.1, 0.15) is 5.56 Å². The molecule has 24 heavy (non-hydrogen) atoms. The number of ether oxygens (including phenoxy) is 2. The maximum absolute atomic E-state index is 11.8. The van der Waals surface area contributed by atoms with Crippen molar-refractivity contribution in [3.8, 4) is 0 Å². The summed E-state index contributed by atoms with van der Waals surface area (Å²) in [7, 11) is 1.44. The first-order valence-corrected chi connectivity index (χ1v) is 6.90. The molecular formula is C13H14ClN3O7. The number of nitro groups is 1. The Morgan fingerprint density at radius 1 is 1.33 bits per heavy atom. The lowest BCUT2D eigenvalue weighted by Gasteiger charge is -2.07. The highest BCUT2D eigenvalue weighted by atomic mass is 35.5. The molecule has 10 nitrogen and oxygen atoms in total. The van der Waals surface area contributed by atoms with E-state index in [-0.39, 0.29) is 23.7 Å². The maximum Gasteiger partial charge on any atom is 0.345 e. The first kappa shape index (κ1) is 19.3. The van der Waals surface area contributed by atoms with Crippen LogP contribution in [0, 0.1) is 10.1 Å². The summed E-state index contributed by atoms with van der Waals surface area (Å²) in [4.78, 5) is 44.6. The van der Waals surface area contributed by atoms with E-state index in [1.54, 1.807) is 0 Å². The number of nitrogens with zero attached hydrogens (tertiary/aromatic N) is 1. The van der Waals surface area contributed by atoms with Gasteiger partial charge in [0.2, 0.25) is 0 Å². The molecule has 11 heteroatoms. The fourth-order valence-electron chi connectivity index (χ4n) is 1.51. The Balaban J connectivity index is 2.56. The number of hydrogen-bond acceptors (Lipinski definition) is 7. The molecule has 0 heterocycles. The van der Waals surface area contributed by atoms with Crippen LogP contribution in [-0.2, 0) is 14.3 Å². The topological polar surface area (TPSA) is 137 Å². The van der Waals surface area contributed by atoms with Gasteiger partial charge in [0.15, 0.2) is 6.61 Å². The zero-order valence-corrected chi connectivity index (χ0v) is 13.3. The largest absolute Gasteiger partial charge is 0.452 e. The molecule has 0 saturated heterocycles. The summed E-state index contributed by atoms with van der Waals surface area (Å²) >= 11 is 5.63. The van der Waals surface area contributed by atoms with E-state index in [2.05, 4.69) is 10.1 Å². The van der Waals surface area contributed by atoms with Gasteiger partial charge in [0.05, 0.1) is 11.5 Å². The molecule has 0 saturated carbocycles. The average Bonchev–Trinajstić information content (AvgIpc) is 2.52. The van der Waals surface area contributed by atoms with Gasteiger partial charge in [-0.3, -0.25) is 20.2 Å². The van der Waals surface area contributed by atoms with Crippen LogP contribution in [0.2, 0.25) is 5.02 Å². The molecule has 0 aliphatic rings. The lowest BCUT2D eigenvalue weighted by molar-refractivity contribution is -0.385. The van der Waals surface area contributed by atoms with Crippen LogP contribution in [0.15, 0.2) is 18.2 Å². The molecule has 0 radical (unpaired) electrons. The van der Waals surface area contributed by atoms with E-state index in [0.29, 0.717) is 0 Å². The first-order chi connectivity index (χ1) is 11.3. The molecule has 0 atom stereocenters. The fourth-order valence-corrected chi connectivity index (χ4v) is 1.68. The van der Waals surface area contributed by atoms with Crippen LogP contribution in [0.5, 0.6) is 0 Å². The zero-order valence-electron chi connectivity index (χ0n) is 12.5. The number of hydrogen-bond donors (Lipinski definition) is 2. The van der Waals surface area contributed by atoms with Crippen LogP contribution < -0.4 is 10.6 Å². The first-order valence-electron chi connectivity index (χ1n) is 6.52. The van der Waals surface area contributed by atoms with E-state index in [4.69, 9.17) is 16.3 Å². The smallest absolute Gasteiger partial charge is 0.345 e. The molecule has 1 rings (SSSR count). The van der Waals surface area contributed by atoms with Crippen molar-refractivity contribution in [3.63, 3.8) is 0 Å². The molecule has 2 N–H and O–H groups in total. The molecule has 130 valence electrons. The van der Waals surface area contributed by atoms with E-state index < -0.39 is 35.1 Å². The normalized spacial score (nSPS) is 9.92. The van der Waals surface area contributed by atoms with Gasteiger partial charge in [-0.15, -0.1) is 0 Å². The second kappa shape index (κ2) is 9.43. The van der Waals surface area contributed by atoms with Crippen molar-refractivity contribution in [1.82, 2.24) is 10.6 Å². The summed E-state index contributed by atoms with van der Waals surface area (Å²) in [5, 5.41) is 15.2. The summed E-state index contributed by atoms with van der Waals surface area (Å²) in [5.74, 6) is -1.98. The van der Waals surface area contributed by atoms with Crippen molar-refractivity contribution in [1.29, 1.82) is 0 Å². The average molecular weight is 360 g/mol. The number of rotatable bonds is 7. The molecule has 1 aromatic carbocycles. The second-order valence-electron chi connectivity index (χ2n) is 4.29. The lowest BCUT2D eigenvalue weighted by Crippen LogP contribution is -2.42. The SMILES string of the molecule is COCCNC(=O)NC(=O)COC(=O)c1ccc(Cl)cc1[N+](=O)[O-]. The molecule has 0 aliphatic carbocycles. The maximum atomic E-state index is 11.8. The molecule has 0 fully saturated rings. The number of urea groups is 1. The van der Waals surface area contributed by atoms with Crippen molar-refractivity contribution >= 4 is 35.2 Å². The third kappa shape index (κ3) is 6.18. The van der Waals surface area contributed by atoms with Crippen LogP contribution in [0.4, 0.5) is 10.5 Å². The van der Waals surface area contributed by atoms with E-state index in [0.717, 1.165) is 12.1 Å². The minimum Gasteiger partial charge on any atom is -0.452 e. The number of carbonyl (C=O) groups is 3. The predicted molar refractivity (Wildman–Crippen MR) is 81.8 cm³/mol. The summed E-state index contributed by atoms with van der Waals surface area (Å²) < 4.78 is 9.35. The Bertz CT molecular complexity index is 650. The van der Waals surface area contributed by atoms with Crippen molar-refractivity contribution in [2.75, 3.05) is 26.9 Å². The van der Waals surface area contributed by atoms with E-state index in [1.807, 2.05) is 5.32 Å². The van der Waals surface area contributed by atoms with E-state index in [9.17, 15) is 24.5 Å². The van der Waals surface area contributed by atoms with Crippen LogP contribution in [0.3, 0.4) is 0 Å². The van der Waals surface area contributed by atoms with Crippen molar-refractivity contribution in [3.05, 3.63) is 38.9 Å². The summed E-state index contributed by atoms with van der Waals surface area (Å²) in [6, 6.07) is 2.58. The lowest BCUT2D eigenvalue weighted by atomic mass is 10.2. The van der Waals surface area contributed by atoms with Crippen LogP contribution >= 0.6 is 11.6 Å². The highest BCUT2D eigenvalue weighted by Gasteiger charge is 2.22. The monoisotopic (exact) mass is 359 g/mol. The number of halogens is 1. The van der Waals surface area contributed by atoms with E-state index in [1.165, 1.54) is 13.2 Å². The van der Waals surface area contributed by atoms with Gasteiger partial charge in [0, 0.05) is 24.7 Å². The number of imide groups is 1. The van der Waals surface area contributed by atoms with Crippen molar-refractivity contribution < 1.29 is 28.8 Å². The zero-order chi connectivity index (χ0) is 18.1. The van der Waals surface area contributed by atoms with Gasteiger partial charge < -0.3 is 14.8 Å². The Morgan fingerprint density at radius 2 is 2.04 bits per heavy atom. The van der Waals surface area contributed by atoms with Gasteiger partial charge >= 0.3 is 12.0 Å². The van der Waals surface area contributed by atoms with Crippen molar-refractivity contribution in [2.45, 2.75) is 0 Å². The van der Waals surface area contributed by atoms with Gasteiger partial charge in [-0.2, -0.15) is 0 Å². The van der Waals surface area contributed by atoms with Crippen LogP contribution in [0.1, 0.15) is 10.4 Å². The Kier molecular flexibility index (Phi) is 7.59. The molecule has 3 amide bonds. The molecule has 1 aromatic rings. The number of esters is 1. The Morgan fingerprint density at radius 3 is 2.67 bits per heavy atom. The Hall–Kier alpha value is -2.72. The molecule has 0 unspecified atom stereocenters. The number of amides is 3. The third-order valence-corrected chi connectivity index (χ3v) is 2.79. The standard InChI is InChI=1S/C13H14ClN3O7/c1-23-5-4-15-13(20)16-11(18)7-24-12(19)9-3-2-8(14)6-10(9)17(21)22/h2-3,6H,4-5,7H2,1H3,(H2,15,16,18,20). The Labute approximate surface area is 141 Å². The highest BCUT2D eigenvalue weighted by molar-refractivity contribution is 6.31. The quantitative estimate of drug-likeness (QED) is 0.319.